The third-order valence-electron chi connectivity index (χ3n) is 2.49. The summed E-state index contributed by atoms with van der Waals surface area (Å²) in [4.78, 5) is 10.2. The van der Waals surface area contributed by atoms with E-state index >= 15 is 0 Å². The first-order valence-electron chi connectivity index (χ1n) is 5.99. The number of unbranched alkanes of at least 4 members (excludes halogenated alkanes) is 8. The number of carboxylic acids is 1. The van der Waals surface area contributed by atoms with Gasteiger partial charge in [0.05, 0.1) is 0 Å². The number of rotatable bonds is 10. The number of carboxylic acid groups (broad SMARTS) is 1. The molecule has 0 aromatic heterocycles. The van der Waals surface area contributed by atoms with Gasteiger partial charge in [0.25, 0.3) is 0 Å². The maximum absolute atomic E-state index is 10.2. The Morgan fingerprint density at radius 3 is 1.67 bits per heavy atom. The molecule has 3 heteroatoms. The Morgan fingerprint density at radius 2 is 1.27 bits per heavy atom. The van der Waals surface area contributed by atoms with Gasteiger partial charge in [-0.05, 0) is 6.42 Å². The molecular weight excluding hydrogens is 295 g/mol. The van der Waals surface area contributed by atoms with Gasteiger partial charge in [0, 0.05) is 30.3 Å². The molecule has 15 heavy (non-hydrogen) atoms. The maximum atomic E-state index is 10.2. The average Bonchev–Trinajstić information content (AvgIpc) is 2.15. The molecule has 0 amide bonds. The quantitative estimate of drug-likeness (QED) is 0.493. The maximum Gasteiger partial charge on any atom is 0.303 e. The van der Waals surface area contributed by atoms with E-state index in [9.17, 15) is 4.79 Å². The van der Waals surface area contributed by atoms with Crippen molar-refractivity contribution in [1.29, 1.82) is 0 Å². The third-order valence-corrected chi connectivity index (χ3v) is 2.49. The van der Waals surface area contributed by atoms with Crippen molar-refractivity contribution in [2.24, 2.45) is 0 Å². The second kappa shape index (κ2) is 14.3. The molecule has 0 bridgehead atoms. The van der Waals surface area contributed by atoms with Crippen LogP contribution in [0.15, 0.2) is 0 Å². The van der Waals surface area contributed by atoms with Crippen molar-refractivity contribution in [2.45, 2.75) is 71.1 Å². The molecule has 0 spiro atoms. The zero-order chi connectivity index (χ0) is 10.6. The zero-order valence-corrected chi connectivity index (χ0v) is 12.8. The molecule has 0 aromatic carbocycles. The molecule has 4 radical (unpaired) electrons. The van der Waals surface area contributed by atoms with E-state index in [4.69, 9.17) is 5.11 Å². The minimum absolute atomic E-state index is 0. The molecule has 0 heterocycles. The van der Waals surface area contributed by atoms with Crippen LogP contribution in [0.3, 0.4) is 0 Å². The average molecular weight is 319 g/mol. The minimum Gasteiger partial charge on any atom is -0.481 e. The molecule has 0 rings (SSSR count). The molecule has 0 saturated heterocycles. The molecule has 0 unspecified atom stereocenters. The van der Waals surface area contributed by atoms with Crippen LogP contribution in [0.1, 0.15) is 71.1 Å². The van der Waals surface area contributed by atoms with Gasteiger partial charge in [0.1, 0.15) is 0 Å². The van der Waals surface area contributed by atoms with Gasteiger partial charge >= 0.3 is 5.97 Å². The third kappa shape index (κ3) is 16.9. The van der Waals surface area contributed by atoms with Crippen molar-refractivity contribution in [2.75, 3.05) is 0 Å². The number of hydrogen-bond donors (Lipinski definition) is 1. The Balaban J connectivity index is 0. The molecule has 0 atom stereocenters. The van der Waals surface area contributed by atoms with E-state index in [1.165, 1.54) is 44.9 Å². The van der Waals surface area contributed by atoms with Gasteiger partial charge < -0.3 is 5.11 Å². The Morgan fingerprint density at radius 1 is 0.867 bits per heavy atom. The summed E-state index contributed by atoms with van der Waals surface area (Å²) in [5.74, 6) is -0.659. The summed E-state index contributed by atoms with van der Waals surface area (Å²) in [6.45, 7) is 2.23. The van der Waals surface area contributed by atoms with Gasteiger partial charge in [-0.25, -0.2) is 0 Å². The Kier molecular flexibility index (Phi) is 16.8. The van der Waals surface area contributed by atoms with Gasteiger partial charge in [0.15, 0.2) is 0 Å². The molecule has 0 aliphatic heterocycles. The summed E-state index contributed by atoms with van der Waals surface area (Å²) >= 11 is 0. The first-order valence-corrected chi connectivity index (χ1v) is 5.99. The number of hydrogen-bond acceptors (Lipinski definition) is 1. The van der Waals surface area contributed by atoms with Crippen LogP contribution >= 0.6 is 0 Å². The number of carbonyl (C=O) groups is 1. The van der Waals surface area contributed by atoms with Crippen LogP contribution in [-0.4, -0.2) is 35.0 Å². The fourth-order valence-electron chi connectivity index (χ4n) is 1.59. The van der Waals surface area contributed by atoms with Gasteiger partial charge in [-0.2, -0.15) is 0 Å². The van der Waals surface area contributed by atoms with Crippen molar-refractivity contribution in [1.82, 2.24) is 0 Å². The van der Waals surface area contributed by atoms with Crippen molar-refractivity contribution in [3.05, 3.63) is 0 Å². The van der Waals surface area contributed by atoms with Crippen LogP contribution in [0, 0.1) is 0 Å². The Hall–Kier alpha value is 0.269. The van der Waals surface area contributed by atoms with Crippen molar-refractivity contribution in [3.63, 3.8) is 0 Å². The number of aliphatic carboxylic acids is 1. The Bertz CT molecular complexity index is 138. The zero-order valence-electron chi connectivity index (χ0n) is 9.93. The molecule has 0 fully saturated rings. The SMILES string of the molecule is CCCCCCCCCCCC(=O)O.[Sn]. The van der Waals surface area contributed by atoms with Crippen LogP contribution in [0.4, 0.5) is 0 Å². The van der Waals surface area contributed by atoms with Crippen LogP contribution < -0.4 is 0 Å². The molecular formula is C12H24O2Sn. The van der Waals surface area contributed by atoms with Crippen molar-refractivity contribution < 1.29 is 9.90 Å². The minimum atomic E-state index is -0.659. The van der Waals surface area contributed by atoms with Crippen LogP contribution in [-0.2, 0) is 4.79 Å². The van der Waals surface area contributed by atoms with E-state index in [1.54, 1.807) is 0 Å². The normalized spacial score (nSPS) is 9.67. The van der Waals surface area contributed by atoms with E-state index in [0.717, 1.165) is 12.8 Å². The van der Waals surface area contributed by atoms with Crippen LogP contribution in [0.25, 0.3) is 0 Å². The standard InChI is InChI=1S/C12H24O2.Sn/c1-2-3-4-5-6-7-8-9-10-11-12(13)14;/h2-11H2,1H3,(H,13,14);. The molecule has 0 aliphatic carbocycles. The van der Waals surface area contributed by atoms with Crippen LogP contribution in [0.2, 0.25) is 0 Å². The Labute approximate surface area is 111 Å². The second-order valence-electron chi connectivity index (χ2n) is 3.97. The van der Waals surface area contributed by atoms with Crippen LogP contribution in [0.5, 0.6) is 0 Å². The second-order valence-corrected chi connectivity index (χ2v) is 3.97. The largest absolute Gasteiger partial charge is 0.481 e. The fourth-order valence-corrected chi connectivity index (χ4v) is 1.59. The summed E-state index contributed by atoms with van der Waals surface area (Å²) in [6, 6.07) is 0. The monoisotopic (exact) mass is 320 g/mol. The van der Waals surface area contributed by atoms with Gasteiger partial charge in [-0.3, -0.25) is 4.79 Å². The first-order chi connectivity index (χ1) is 6.77. The molecule has 0 saturated carbocycles. The molecule has 0 aromatic rings. The summed E-state index contributed by atoms with van der Waals surface area (Å²) in [5.41, 5.74) is 0. The van der Waals surface area contributed by atoms with Gasteiger partial charge in [-0.1, -0.05) is 58.3 Å². The van der Waals surface area contributed by atoms with Gasteiger partial charge in [0.2, 0.25) is 0 Å². The van der Waals surface area contributed by atoms with Gasteiger partial charge in [-0.15, -0.1) is 0 Å². The predicted molar refractivity (Wildman–Crippen MR) is 65.2 cm³/mol. The summed E-state index contributed by atoms with van der Waals surface area (Å²) in [6.07, 6.45) is 11.5. The summed E-state index contributed by atoms with van der Waals surface area (Å²) in [7, 11) is 0. The predicted octanol–water partition coefficient (Wildman–Crippen LogP) is 3.61. The topological polar surface area (TPSA) is 37.3 Å². The first kappa shape index (κ1) is 17.7. The van der Waals surface area contributed by atoms with E-state index in [1.807, 2.05) is 0 Å². The molecule has 1 N–H and O–H groups in total. The summed E-state index contributed by atoms with van der Waals surface area (Å²) < 4.78 is 0. The van der Waals surface area contributed by atoms with E-state index < -0.39 is 5.97 Å². The molecule has 2 nitrogen and oxygen atoms in total. The fraction of sp³-hybridized carbons (Fsp3) is 0.917. The van der Waals surface area contributed by atoms with Crippen molar-refractivity contribution >= 4 is 29.9 Å². The molecule has 88 valence electrons. The van der Waals surface area contributed by atoms with E-state index in [0.29, 0.717) is 6.42 Å². The smallest absolute Gasteiger partial charge is 0.303 e. The van der Waals surface area contributed by atoms with E-state index in [2.05, 4.69) is 6.92 Å². The van der Waals surface area contributed by atoms with E-state index in [-0.39, 0.29) is 23.9 Å². The van der Waals surface area contributed by atoms with Crippen molar-refractivity contribution in [3.8, 4) is 0 Å². The molecule has 0 aliphatic rings. The summed E-state index contributed by atoms with van der Waals surface area (Å²) in [5, 5.41) is 8.41.